The smallest absolute Gasteiger partial charge is 0.254 e. The molecule has 0 radical (unpaired) electrons. The number of thiophene rings is 1. The van der Waals surface area contributed by atoms with Gasteiger partial charge >= 0.3 is 0 Å². The van der Waals surface area contributed by atoms with Crippen molar-refractivity contribution in [2.24, 2.45) is 0 Å². The average Bonchev–Trinajstić information content (AvgIpc) is 3.42. The summed E-state index contributed by atoms with van der Waals surface area (Å²) in [6.45, 7) is 7.96. The molecule has 0 N–H and O–H groups in total. The van der Waals surface area contributed by atoms with Crippen LogP contribution in [0.2, 0.25) is 0 Å². The Kier molecular flexibility index (Phi) is 7.68. The second-order valence-corrected chi connectivity index (χ2v) is 10.4. The molecule has 1 amide bonds. The van der Waals surface area contributed by atoms with Gasteiger partial charge in [-0.3, -0.25) is 4.79 Å². The van der Waals surface area contributed by atoms with Crippen LogP contribution in [-0.4, -0.2) is 55.9 Å². The van der Waals surface area contributed by atoms with E-state index in [0.717, 1.165) is 29.9 Å². The zero-order valence-corrected chi connectivity index (χ0v) is 19.5. The Morgan fingerprint density at radius 2 is 2.00 bits per heavy atom. The lowest BCUT2D eigenvalue weighted by molar-refractivity contribution is 0.0509. The van der Waals surface area contributed by atoms with Gasteiger partial charge in [0, 0.05) is 36.7 Å². The van der Waals surface area contributed by atoms with Crippen LogP contribution in [0.25, 0.3) is 0 Å². The van der Waals surface area contributed by atoms with E-state index in [0.29, 0.717) is 31.7 Å². The quantitative estimate of drug-likeness (QED) is 0.581. The summed E-state index contributed by atoms with van der Waals surface area (Å²) in [5.74, 6) is -0.159. The van der Waals surface area contributed by atoms with E-state index in [1.165, 1.54) is 10.4 Å². The van der Waals surface area contributed by atoms with E-state index in [9.17, 15) is 13.2 Å². The number of amides is 1. The van der Waals surface area contributed by atoms with Crippen LogP contribution in [0.4, 0.5) is 0 Å². The molecule has 6 nitrogen and oxygen atoms in total. The minimum Gasteiger partial charge on any atom is -0.376 e. The number of nitrogens with zero attached hydrogens (tertiary/aromatic N) is 2. The van der Waals surface area contributed by atoms with Crippen LogP contribution in [-0.2, 0) is 21.3 Å². The number of sulfonamides is 1. The molecule has 164 valence electrons. The van der Waals surface area contributed by atoms with Gasteiger partial charge in [-0.25, -0.2) is 8.42 Å². The van der Waals surface area contributed by atoms with Crippen LogP contribution < -0.4 is 0 Å². The number of rotatable bonds is 9. The molecule has 1 aliphatic rings. The summed E-state index contributed by atoms with van der Waals surface area (Å²) in [6, 6.07) is 8.82. The van der Waals surface area contributed by atoms with Gasteiger partial charge in [0.2, 0.25) is 10.0 Å². The Balaban J connectivity index is 1.93. The molecular formula is C22H30N2O4S2. The molecule has 1 fully saturated rings. The van der Waals surface area contributed by atoms with Crippen LogP contribution in [0.15, 0.2) is 40.6 Å². The molecule has 0 aliphatic carbocycles. The monoisotopic (exact) mass is 450 g/mol. The van der Waals surface area contributed by atoms with Crippen LogP contribution in [0, 0.1) is 6.92 Å². The molecular weight excluding hydrogens is 420 g/mol. The van der Waals surface area contributed by atoms with Crippen molar-refractivity contribution in [3.05, 3.63) is 51.7 Å². The highest BCUT2D eigenvalue weighted by molar-refractivity contribution is 7.89. The van der Waals surface area contributed by atoms with Gasteiger partial charge in [-0.2, -0.15) is 4.31 Å². The van der Waals surface area contributed by atoms with Gasteiger partial charge in [0.25, 0.3) is 5.91 Å². The molecule has 8 heteroatoms. The maximum Gasteiger partial charge on any atom is 0.254 e. The molecule has 1 aliphatic heterocycles. The Morgan fingerprint density at radius 1 is 1.23 bits per heavy atom. The number of benzene rings is 1. The third-order valence-corrected chi connectivity index (χ3v) is 8.35. The lowest BCUT2D eigenvalue weighted by Gasteiger charge is -2.26. The molecule has 1 atom stereocenters. The number of carbonyl (C=O) groups is 1. The summed E-state index contributed by atoms with van der Waals surface area (Å²) in [5, 5.41) is 1.99. The number of carbonyl (C=O) groups excluding carboxylic acids is 1. The number of aryl methyl sites for hydroxylation is 1. The molecule has 2 heterocycles. The van der Waals surface area contributed by atoms with Crippen LogP contribution in [0.5, 0.6) is 0 Å². The summed E-state index contributed by atoms with van der Waals surface area (Å²) in [4.78, 5) is 16.6. The molecule has 30 heavy (non-hydrogen) atoms. The number of ether oxygens (including phenoxy) is 1. The first-order valence-electron chi connectivity index (χ1n) is 10.4. The van der Waals surface area contributed by atoms with Crippen LogP contribution in [0.1, 0.15) is 47.5 Å². The zero-order chi connectivity index (χ0) is 21.7. The van der Waals surface area contributed by atoms with Gasteiger partial charge in [-0.05, 0) is 48.9 Å². The van der Waals surface area contributed by atoms with E-state index in [1.54, 1.807) is 28.4 Å². The van der Waals surface area contributed by atoms with Gasteiger partial charge in [-0.1, -0.05) is 26.0 Å². The molecule has 2 aromatic rings. The predicted octanol–water partition coefficient (Wildman–Crippen LogP) is 3.91. The van der Waals surface area contributed by atoms with E-state index in [1.807, 2.05) is 38.3 Å². The minimum absolute atomic E-state index is 0.0248. The van der Waals surface area contributed by atoms with Gasteiger partial charge < -0.3 is 9.64 Å². The molecule has 3 rings (SSSR count). The minimum atomic E-state index is -3.63. The van der Waals surface area contributed by atoms with E-state index >= 15 is 0 Å². The zero-order valence-electron chi connectivity index (χ0n) is 17.8. The van der Waals surface area contributed by atoms with Crippen molar-refractivity contribution in [1.82, 2.24) is 9.21 Å². The van der Waals surface area contributed by atoms with E-state index in [-0.39, 0.29) is 16.9 Å². The lowest BCUT2D eigenvalue weighted by atomic mass is 10.1. The first-order chi connectivity index (χ1) is 14.4. The highest BCUT2D eigenvalue weighted by Crippen LogP contribution is 2.24. The van der Waals surface area contributed by atoms with Crippen molar-refractivity contribution in [1.29, 1.82) is 0 Å². The van der Waals surface area contributed by atoms with Crippen LogP contribution in [0.3, 0.4) is 0 Å². The topological polar surface area (TPSA) is 66.9 Å². The normalized spacial score (nSPS) is 16.9. The highest BCUT2D eigenvalue weighted by atomic mass is 32.2. The number of hydrogen-bond acceptors (Lipinski definition) is 5. The van der Waals surface area contributed by atoms with Gasteiger partial charge in [-0.15, -0.1) is 11.3 Å². The molecule has 0 spiro atoms. The molecule has 1 unspecified atom stereocenters. The summed E-state index contributed by atoms with van der Waals surface area (Å²) >= 11 is 1.61. The summed E-state index contributed by atoms with van der Waals surface area (Å²) in [5.41, 5.74) is 1.19. The Morgan fingerprint density at radius 3 is 2.60 bits per heavy atom. The fourth-order valence-electron chi connectivity index (χ4n) is 3.72. The summed E-state index contributed by atoms with van der Waals surface area (Å²) in [7, 11) is -3.63. The largest absolute Gasteiger partial charge is 0.376 e. The standard InChI is InChI=1S/C22H30N2O4S2/c1-4-24(5-2)30(26,27)20-11-10-17(3)21(14-20)22(25)23(15-18-8-6-12-28-18)16-19-9-7-13-29-19/h7,9-11,13-14,18H,4-6,8,12,15-16H2,1-3H3. The highest BCUT2D eigenvalue weighted by Gasteiger charge is 2.27. The first kappa shape index (κ1) is 22.9. The van der Waals surface area contributed by atoms with E-state index < -0.39 is 10.0 Å². The van der Waals surface area contributed by atoms with Crippen molar-refractivity contribution < 1.29 is 17.9 Å². The van der Waals surface area contributed by atoms with Gasteiger partial charge in [0.05, 0.1) is 17.5 Å². The Bertz CT molecular complexity index is 948. The van der Waals surface area contributed by atoms with E-state index in [4.69, 9.17) is 4.74 Å². The van der Waals surface area contributed by atoms with Crippen molar-refractivity contribution in [3.63, 3.8) is 0 Å². The molecule has 0 saturated carbocycles. The summed E-state index contributed by atoms with van der Waals surface area (Å²) < 4.78 is 33.1. The average molecular weight is 451 g/mol. The Labute approximate surface area is 183 Å². The first-order valence-corrected chi connectivity index (χ1v) is 12.7. The maximum atomic E-state index is 13.5. The van der Waals surface area contributed by atoms with E-state index in [2.05, 4.69) is 0 Å². The van der Waals surface area contributed by atoms with Crippen molar-refractivity contribution in [2.75, 3.05) is 26.2 Å². The molecule has 1 aromatic heterocycles. The van der Waals surface area contributed by atoms with Gasteiger partial charge in [0.15, 0.2) is 0 Å². The SMILES string of the molecule is CCN(CC)S(=O)(=O)c1ccc(C)c(C(=O)N(Cc2cccs2)CC2CCCO2)c1. The lowest BCUT2D eigenvalue weighted by Crippen LogP contribution is -2.37. The van der Waals surface area contributed by atoms with Crippen molar-refractivity contribution >= 4 is 27.3 Å². The maximum absolute atomic E-state index is 13.5. The summed E-state index contributed by atoms with van der Waals surface area (Å²) in [6.07, 6.45) is 1.96. The van der Waals surface area contributed by atoms with Gasteiger partial charge in [0.1, 0.15) is 0 Å². The number of hydrogen-bond donors (Lipinski definition) is 0. The van der Waals surface area contributed by atoms with Crippen molar-refractivity contribution in [2.45, 2.75) is 51.2 Å². The third kappa shape index (κ3) is 5.11. The second-order valence-electron chi connectivity index (χ2n) is 7.47. The Hall–Kier alpha value is -1.74. The second kappa shape index (κ2) is 10.0. The molecule has 1 aromatic carbocycles. The van der Waals surface area contributed by atoms with Crippen molar-refractivity contribution in [3.8, 4) is 0 Å². The molecule has 0 bridgehead atoms. The van der Waals surface area contributed by atoms with Crippen LogP contribution >= 0.6 is 11.3 Å². The molecule has 1 saturated heterocycles. The fraction of sp³-hybridized carbons (Fsp3) is 0.500. The third-order valence-electron chi connectivity index (χ3n) is 5.44. The predicted molar refractivity (Wildman–Crippen MR) is 119 cm³/mol. The fourth-order valence-corrected chi connectivity index (χ4v) is 5.92.